The van der Waals surface area contributed by atoms with Crippen molar-refractivity contribution in [3.05, 3.63) is 59.4 Å². The maximum absolute atomic E-state index is 13.1. The summed E-state index contributed by atoms with van der Waals surface area (Å²) < 4.78 is 13.1. The summed E-state index contributed by atoms with van der Waals surface area (Å²) in [4.78, 5) is 12.1. The topological polar surface area (TPSA) is 49.3 Å². The summed E-state index contributed by atoms with van der Waals surface area (Å²) in [5.41, 5.74) is 1.16. The zero-order valence-electron chi connectivity index (χ0n) is 10.7. The van der Waals surface area contributed by atoms with Gasteiger partial charge in [0.2, 0.25) is 0 Å². The number of rotatable bonds is 3. The van der Waals surface area contributed by atoms with Crippen molar-refractivity contribution in [2.24, 2.45) is 0 Å². The zero-order chi connectivity index (χ0) is 14.7. The number of aromatic hydroxyl groups is 1. The van der Waals surface area contributed by atoms with Gasteiger partial charge in [-0.25, -0.2) is 4.39 Å². The van der Waals surface area contributed by atoms with Crippen LogP contribution in [0.3, 0.4) is 0 Å². The Morgan fingerprint density at radius 2 is 2.00 bits per heavy atom. The molecule has 1 atom stereocenters. The van der Waals surface area contributed by atoms with Gasteiger partial charge >= 0.3 is 0 Å². The van der Waals surface area contributed by atoms with Gasteiger partial charge in [-0.1, -0.05) is 18.2 Å². The fourth-order valence-electron chi connectivity index (χ4n) is 1.84. The van der Waals surface area contributed by atoms with Gasteiger partial charge in [-0.05, 0) is 36.8 Å². The van der Waals surface area contributed by atoms with Crippen LogP contribution in [0.4, 0.5) is 10.1 Å². The standard InChI is InChI=1S/C15H13ClFNO2/c1-9(16)11-4-2-3-5-13(11)18-15(20)12-8-10(17)6-7-14(12)19/h2-9,19H,1H3,(H,18,20). The molecule has 0 saturated heterocycles. The van der Waals surface area contributed by atoms with Crippen molar-refractivity contribution < 1.29 is 14.3 Å². The number of carbonyl (C=O) groups excluding carboxylic acids is 1. The number of anilines is 1. The molecule has 0 aromatic heterocycles. The van der Waals surface area contributed by atoms with E-state index in [1.54, 1.807) is 25.1 Å². The highest BCUT2D eigenvalue weighted by atomic mass is 35.5. The van der Waals surface area contributed by atoms with Gasteiger partial charge in [0.05, 0.1) is 10.9 Å². The molecule has 1 amide bonds. The van der Waals surface area contributed by atoms with Crippen LogP contribution in [0.15, 0.2) is 42.5 Å². The molecule has 0 aliphatic heterocycles. The van der Waals surface area contributed by atoms with Crippen LogP contribution in [0, 0.1) is 5.82 Å². The van der Waals surface area contributed by atoms with E-state index < -0.39 is 11.7 Å². The molecule has 0 aliphatic rings. The van der Waals surface area contributed by atoms with Crippen molar-refractivity contribution in [2.75, 3.05) is 5.32 Å². The molecule has 0 fully saturated rings. The van der Waals surface area contributed by atoms with Gasteiger partial charge in [0.1, 0.15) is 11.6 Å². The number of phenolic OH excluding ortho intramolecular Hbond substituents is 1. The SMILES string of the molecule is CC(Cl)c1ccccc1NC(=O)c1cc(F)ccc1O. The Labute approximate surface area is 121 Å². The first-order valence-corrected chi connectivity index (χ1v) is 6.45. The van der Waals surface area contributed by atoms with Crippen LogP contribution < -0.4 is 5.32 Å². The summed E-state index contributed by atoms with van der Waals surface area (Å²) in [6, 6.07) is 10.3. The van der Waals surface area contributed by atoms with Crippen molar-refractivity contribution >= 4 is 23.2 Å². The van der Waals surface area contributed by atoms with Crippen molar-refractivity contribution in [1.29, 1.82) is 0 Å². The smallest absolute Gasteiger partial charge is 0.259 e. The number of para-hydroxylation sites is 1. The predicted molar refractivity (Wildman–Crippen MR) is 76.7 cm³/mol. The maximum atomic E-state index is 13.1. The highest BCUT2D eigenvalue weighted by Crippen LogP contribution is 2.28. The summed E-state index contributed by atoms with van der Waals surface area (Å²) in [6.07, 6.45) is 0. The van der Waals surface area contributed by atoms with E-state index in [1.807, 2.05) is 6.07 Å². The second-order valence-electron chi connectivity index (χ2n) is 4.32. The maximum Gasteiger partial charge on any atom is 0.259 e. The number of amides is 1. The molecular weight excluding hydrogens is 281 g/mol. The van der Waals surface area contributed by atoms with Gasteiger partial charge in [0, 0.05) is 5.69 Å². The van der Waals surface area contributed by atoms with Crippen molar-refractivity contribution in [2.45, 2.75) is 12.3 Å². The second-order valence-corrected chi connectivity index (χ2v) is 4.97. The zero-order valence-corrected chi connectivity index (χ0v) is 11.5. The van der Waals surface area contributed by atoms with E-state index >= 15 is 0 Å². The highest BCUT2D eigenvalue weighted by Gasteiger charge is 2.15. The minimum absolute atomic E-state index is 0.123. The van der Waals surface area contributed by atoms with E-state index in [4.69, 9.17) is 11.6 Å². The Hall–Kier alpha value is -2.07. The monoisotopic (exact) mass is 293 g/mol. The van der Waals surface area contributed by atoms with Crippen LogP contribution in [0.5, 0.6) is 5.75 Å². The number of nitrogens with one attached hydrogen (secondary N) is 1. The molecule has 2 aromatic rings. The van der Waals surface area contributed by atoms with Gasteiger partial charge in [0.25, 0.3) is 5.91 Å². The van der Waals surface area contributed by atoms with Gasteiger partial charge < -0.3 is 10.4 Å². The molecule has 2 rings (SSSR count). The third kappa shape index (κ3) is 3.08. The average molecular weight is 294 g/mol. The lowest BCUT2D eigenvalue weighted by Crippen LogP contribution is -2.14. The highest BCUT2D eigenvalue weighted by molar-refractivity contribution is 6.21. The number of halogens is 2. The quantitative estimate of drug-likeness (QED) is 0.838. The summed E-state index contributed by atoms with van der Waals surface area (Å²) in [7, 11) is 0. The lowest BCUT2D eigenvalue weighted by molar-refractivity contribution is 0.102. The van der Waals surface area contributed by atoms with Crippen molar-refractivity contribution in [3.63, 3.8) is 0 Å². The summed E-state index contributed by atoms with van der Waals surface area (Å²) >= 11 is 6.03. The molecule has 20 heavy (non-hydrogen) atoms. The van der Waals surface area contributed by atoms with Crippen LogP contribution in [0.25, 0.3) is 0 Å². The Morgan fingerprint density at radius 1 is 1.30 bits per heavy atom. The lowest BCUT2D eigenvalue weighted by Gasteiger charge is -2.13. The molecule has 0 radical (unpaired) electrons. The fourth-order valence-corrected chi connectivity index (χ4v) is 2.03. The van der Waals surface area contributed by atoms with Crippen LogP contribution >= 0.6 is 11.6 Å². The fraction of sp³-hybridized carbons (Fsp3) is 0.133. The van der Waals surface area contributed by atoms with Crippen LogP contribution in [-0.2, 0) is 0 Å². The third-order valence-electron chi connectivity index (χ3n) is 2.84. The number of hydrogen-bond acceptors (Lipinski definition) is 2. The number of phenols is 1. The van der Waals surface area contributed by atoms with E-state index in [1.165, 1.54) is 0 Å². The minimum atomic E-state index is -0.591. The molecule has 2 N–H and O–H groups in total. The molecule has 0 bridgehead atoms. The summed E-state index contributed by atoms with van der Waals surface area (Å²) in [5, 5.41) is 11.9. The first kappa shape index (κ1) is 14.3. The van der Waals surface area contributed by atoms with Crippen molar-refractivity contribution in [3.8, 4) is 5.75 Å². The lowest BCUT2D eigenvalue weighted by atomic mass is 10.1. The first-order chi connectivity index (χ1) is 9.49. The molecule has 0 spiro atoms. The van der Waals surface area contributed by atoms with E-state index in [2.05, 4.69) is 5.32 Å². The van der Waals surface area contributed by atoms with Gasteiger partial charge in [-0.15, -0.1) is 11.6 Å². The molecule has 0 aliphatic carbocycles. The Balaban J connectivity index is 2.31. The molecular formula is C15H13ClFNO2. The van der Waals surface area contributed by atoms with E-state index in [0.29, 0.717) is 5.69 Å². The van der Waals surface area contributed by atoms with E-state index in [-0.39, 0.29) is 16.7 Å². The number of alkyl halides is 1. The van der Waals surface area contributed by atoms with E-state index in [9.17, 15) is 14.3 Å². The van der Waals surface area contributed by atoms with Crippen LogP contribution in [0.2, 0.25) is 0 Å². The summed E-state index contributed by atoms with van der Waals surface area (Å²) in [6.45, 7) is 1.78. The van der Waals surface area contributed by atoms with Crippen LogP contribution in [0.1, 0.15) is 28.2 Å². The van der Waals surface area contributed by atoms with E-state index in [0.717, 1.165) is 23.8 Å². The number of hydrogen-bond donors (Lipinski definition) is 2. The Bertz CT molecular complexity index is 644. The first-order valence-electron chi connectivity index (χ1n) is 6.02. The molecule has 2 aromatic carbocycles. The van der Waals surface area contributed by atoms with Crippen LogP contribution in [-0.4, -0.2) is 11.0 Å². The second kappa shape index (κ2) is 5.92. The summed E-state index contributed by atoms with van der Waals surface area (Å²) in [5.74, 6) is -1.46. The largest absolute Gasteiger partial charge is 0.507 e. The predicted octanol–water partition coefficient (Wildman–Crippen LogP) is 4.08. The van der Waals surface area contributed by atoms with Gasteiger partial charge in [-0.2, -0.15) is 0 Å². The van der Waals surface area contributed by atoms with Gasteiger partial charge in [-0.3, -0.25) is 4.79 Å². The van der Waals surface area contributed by atoms with Crippen molar-refractivity contribution in [1.82, 2.24) is 0 Å². The van der Waals surface area contributed by atoms with Gasteiger partial charge in [0.15, 0.2) is 0 Å². The molecule has 3 nitrogen and oxygen atoms in total. The molecule has 5 heteroatoms. The molecule has 1 unspecified atom stereocenters. The Morgan fingerprint density at radius 3 is 2.70 bits per heavy atom. The normalized spacial score (nSPS) is 11.9. The molecule has 0 saturated carbocycles. The molecule has 0 heterocycles. The number of carbonyl (C=O) groups is 1. The Kier molecular flexibility index (Phi) is 4.25. The molecule has 104 valence electrons. The average Bonchev–Trinajstić information content (AvgIpc) is 2.41. The third-order valence-corrected chi connectivity index (χ3v) is 3.08. The minimum Gasteiger partial charge on any atom is -0.507 e. The number of benzene rings is 2.